The molecule has 0 spiro atoms. The number of benzene rings is 2. The van der Waals surface area contributed by atoms with E-state index in [-0.39, 0.29) is 11.8 Å². The smallest absolute Gasteiger partial charge is 0.277 e. The fourth-order valence-corrected chi connectivity index (χ4v) is 4.39. The maximum absolute atomic E-state index is 13.3. The monoisotopic (exact) mass is 419 g/mol. The zero-order valence-corrected chi connectivity index (χ0v) is 18.4. The molecule has 2 amide bonds. The molecule has 1 fully saturated rings. The molecule has 4 rings (SSSR count). The van der Waals surface area contributed by atoms with E-state index < -0.39 is 0 Å². The Kier molecular flexibility index (Phi) is 5.98. The molecule has 2 aromatic rings. The summed E-state index contributed by atoms with van der Waals surface area (Å²) in [6.45, 7) is 7.44. The van der Waals surface area contributed by atoms with Gasteiger partial charge < -0.3 is 14.5 Å². The lowest BCUT2D eigenvalue weighted by Gasteiger charge is -2.37. The van der Waals surface area contributed by atoms with Gasteiger partial charge in [0.15, 0.2) is 0 Å². The van der Waals surface area contributed by atoms with Crippen LogP contribution in [0.1, 0.15) is 24.5 Å². The Hall–Kier alpha value is -3.28. The van der Waals surface area contributed by atoms with Crippen molar-refractivity contribution >= 4 is 23.1 Å². The van der Waals surface area contributed by atoms with Gasteiger partial charge in [0.1, 0.15) is 11.4 Å². The van der Waals surface area contributed by atoms with Crippen molar-refractivity contribution in [2.45, 2.75) is 20.3 Å². The maximum atomic E-state index is 13.3. The summed E-state index contributed by atoms with van der Waals surface area (Å²) in [5.74, 6) is 0.178. The molecule has 0 radical (unpaired) electrons. The zero-order chi connectivity index (χ0) is 22.0. The molecule has 31 heavy (non-hydrogen) atoms. The fraction of sp³-hybridized carbons (Fsp3) is 0.360. The molecule has 0 atom stereocenters. The number of amides is 2. The number of para-hydroxylation sites is 1. The summed E-state index contributed by atoms with van der Waals surface area (Å²) in [5.41, 5.74) is 4.07. The van der Waals surface area contributed by atoms with Crippen LogP contribution < -0.4 is 9.64 Å². The van der Waals surface area contributed by atoms with Gasteiger partial charge in [0.25, 0.3) is 11.8 Å². The first-order valence-corrected chi connectivity index (χ1v) is 10.9. The highest BCUT2D eigenvalue weighted by molar-refractivity contribution is 6.36. The largest absolute Gasteiger partial charge is 0.496 e. The molecule has 0 aromatic heterocycles. The van der Waals surface area contributed by atoms with Gasteiger partial charge in [-0.1, -0.05) is 37.3 Å². The van der Waals surface area contributed by atoms with Crippen LogP contribution in [0.15, 0.2) is 54.2 Å². The van der Waals surface area contributed by atoms with Crippen molar-refractivity contribution in [1.29, 1.82) is 0 Å². The van der Waals surface area contributed by atoms with Gasteiger partial charge in [-0.25, -0.2) is 0 Å². The lowest BCUT2D eigenvalue weighted by atomic mass is 10.0. The minimum absolute atomic E-state index is 0.197. The Labute approximate surface area is 183 Å². The second-order valence-corrected chi connectivity index (χ2v) is 8.00. The van der Waals surface area contributed by atoms with Crippen LogP contribution in [0.3, 0.4) is 0 Å². The van der Waals surface area contributed by atoms with Gasteiger partial charge >= 0.3 is 0 Å². The van der Waals surface area contributed by atoms with Crippen molar-refractivity contribution in [2.24, 2.45) is 0 Å². The zero-order valence-electron chi connectivity index (χ0n) is 18.4. The molecule has 2 aromatic carbocycles. The van der Waals surface area contributed by atoms with Crippen LogP contribution in [-0.4, -0.2) is 61.4 Å². The molecule has 2 aliphatic heterocycles. The number of methoxy groups -OCH3 is 1. The van der Waals surface area contributed by atoms with Crippen molar-refractivity contribution in [3.8, 4) is 5.75 Å². The Bertz CT molecular complexity index is 1020. The van der Waals surface area contributed by atoms with Crippen LogP contribution in [0, 0.1) is 6.92 Å². The van der Waals surface area contributed by atoms with Crippen molar-refractivity contribution in [3.63, 3.8) is 0 Å². The average Bonchev–Trinajstić information content (AvgIpc) is 3.04. The molecule has 0 bridgehead atoms. The Morgan fingerprint density at radius 2 is 1.61 bits per heavy atom. The molecule has 6 nitrogen and oxygen atoms in total. The second kappa shape index (κ2) is 8.84. The quantitative estimate of drug-likeness (QED) is 0.673. The van der Waals surface area contributed by atoms with Gasteiger partial charge in [-0.2, -0.15) is 0 Å². The molecule has 0 aliphatic carbocycles. The Balaban J connectivity index is 1.67. The second-order valence-electron chi connectivity index (χ2n) is 8.00. The summed E-state index contributed by atoms with van der Waals surface area (Å²) < 4.78 is 5.52. The fourth-order valence-electron chi connectivity index (χ4n) is 4.39. The van der Waals surface area contributed by atoms with Gasteiger partial charge in [0, 0.05) is 44.0 Å². The lowest BCUT2D eigenvalue weighted by molar-refractivity contribution is -0.137. The number of ether oxygens (including phenoxy) is 1. The van der Waals surface area contributed by atoms with E-state index >= 15 is 0 Å². The predicted octanol–water partition coefficient (Wildman–Crippen LogP) is 3.32. The van der Waals surface area contributed by atoms with Gasteiger partial charge in [-0.15, -0.1) is 0 Å². The third-order valence-corrected chi connectivity index (χ3v) is 5.93. The number of hydrogen-bond donors (Lipinski definition) is 0. The number of carbonyl (C=O) groups is 2. The molecule has 0 saturated carbocycles. The standard InChI is InChI=1S/C25H29N3O3/c1-4-12-28-24(29)22(20-10-5-6-11-21(20)31-3)23(25(28)30)27-15-13-26(14-16-27)19-9-7-8-18(2)17-19/h5-11,17H,4,12-16H2,1-3H3. The molecular formula is C25H29N3O3. The Morgan fingerprint density at radius 3 is 2.29 bits per heavy atom. The number of aryl methyl sites for hydroxylation is 1. The van der Waals surface area contributed by atoms with E-state index in [9.17, 15) is 9.59 Å². The molecule has 162 valence electrons. The molecule has 0 N–H and O–H groups in total. The lowest BCUT2D eigenvalue weighted by Crippen LogP contribution is -2.47. The van der Waals surface area contributed by atoms with Gasteiger partial charge in [0.2, 0.25) is 0 Å². The first-order valence-electron chi connectivity index (χ1n) is 10.9. The molecule has 2 aliphatic rings. The number of rotatable bonds is 6. The third kappa shape index (κ3) is 3.90. The van der Waals surface area contributed by atoms with E-state index in [1.165, 1.54) is 16.2 Å². The van der Waals surface area contributed by atoms with E-state index in [2.05, 4.69) is 41.0 Å². The van der Waals surface area contributed by atoms with E-state index in [0.717, 1.165) is 19.5 Å². The molecule has 0 unspecified atom stereocenters. The van der Waals surface area contributed by atoms with Crippen LogP contribution in [0.25, 0.3) is 5.57 Å². The summed E-state index contributed by atoms with van der Waals surface area (Å²) in [4.78, 5) is 32.4. The number of imide groups is 1. The van der Waals surface area contributed by atoms with Crippen LogP contribution in [0.5, 0.6) is 5.75 Å². The first kappa shape index (κ1) is 21.0. The highest BCUT2D eigenvalue weighted by Crippen LogP contribution is 2.36. The summed E-state index contributed by atoms with van der Waals surface area (Å²) in [6.07, 6.45) is 0.727. The summed E-state index contributed by atoms with van der Waals surface area (Å²) in [6, 6.07) is 15.9. The van der Waals surface area contributed by atoms with Gasteiger partial charge in [0.05, 0.1) is 12.7 Å². The van der Waals surface area contributed by atoms with Crippen molar-refractivity contribution in [3.05, 3.63) is 65.4 Å². The summed E-state index contributed by atoms with van der Waals surface area (Å²) in [7, 11) is 1.59. The highest BCUT2D eigenvalue weighted by atomic mass is 16.5. The molecular weight excluding hydrogens is 390 g/mol. The minimum Gasteiger partial charge on any atom is -0.496 e. The summed E-state index contributed by atoms with van der Waals surface area (Å²) in [5, 5.41) is 0. The van der Waals surface area contributed by atoms with Gasteiger partial charge in [-0.05, 0) is 37.1 Å². The molecule has 1 saturated heterocycles. The minimum atomic E-state index is -0.229. The van der Waals surface area contributed by atoms with Crippen molar-refractivity contribution in [2.75, 3.05) is 44.7 Å². The maximum Gasteiger partial charge on any atom is 0.277 e. The van der Waals surface area contributed by atoms with E-state index in [0.29, 0.717) is 42.2 Å². The van der Waals surface area contributed by atoms with Gasteiger partial charge in [-0.3, -0.25) is 14.5 Å². The number of carbonyl (C=O) groups excluding carboxylic acids is 2. The van der Waals surface area contributed by atoms with E-state index in [4.69, 9.17) is 4.74 Å². The third-order valence-electron chi connectivity index (χ3n) is 5.93. The topological polar surface area (TPSA) is 53.1 Å². The SMILES string of the molecule is CCCN1C(=O)C(c2ccccc2OC)=C(N2CCN(c3cccc(C)c3)CC2)C1=O. The molecule has 6 heteroatoms. The van der Waals surface area contributed by atoms with Crippen LogP contribution in [0.2, 0.25) is 0 Å². The number of anilines is 1. The highest BCUT2D eigenvalue weighted by Gasteiger charge is 2.42. The van der Waals surface area contributed by atoms with E-state index in [1.807, 2.05) is 31.2 Å². The first-order chi connectivity index (χ1) is 15.0. The van der Waals surface area contributed by atoms with Crippen molar-refractivity contribution in [1.82, 2.24) is 9.80 Å². The summed E-state index contributed by atoms with van der Waals surface area (Å²) >= 11 is 0. The van der Waals surface area contributed by atoms with E-state index in [1.54, 1.807) is 7.11 Å². The number of nitrogens with zero attached hydrogens (tertiary/aromatic N) is 3. The van der Waals surface area contributed by atoms with Crippen molar-refractivity contribution < 1.29 is 14.3 Å². The van der Waals surface area contributed by atoms with Crippen LogP contribution in [-0.2, 0) is 9.59 Å². The van der Waals surface area contributed by atoms with Crippen LogP contribution in [0.4, 0.5) is 5.69 Å². The Morgan fingerprint density at radius 1 is 0.903 bits per heavy atom. The average molecular weight is 420 g/mol. The number of hydrogen-bond acceptors (Lipinski definition) is 5. The van der Waals surface area contributed by atoms with Crippen LogP contribution >= 0.6 is 0 Å². The molecule has 2 heterocycles. The number of piperazine rings is 1. The predicted molar refractivity (Wildman–Crippen MR) is 122 cm³/mol. The normalized spacial score (nSPS) is 17.1.